The number of rotatable bonds is 4. The number of aryl methyl sites for hydroxylation is 2. The van der Waals surface area contributed by atoms with Gasteiger partial charge in [-0.2, -0.15) is 0 Å². The predicted octanol–water partition coefficient (Wildman–Crippen LogP) is 2.62. The average molecular weight is 268 g/mol. The normalized spacial score (nSPS) is 10.3. The molecule has 20 heavy (non-hydrogen) atoms. The molecule has 0 bridgehead atoms. The molecule has 0 unspecified atom stereocenters. The van der Waals surface area contributed by atoms with Gasteiger partial charge < -0.3 is 10.6 Å². The van der Waals surface area contributed by atoms with E-state index in [4.69, 9.17) is 11.1 Å². The summed E-state index contributed by atoms with van der Waals surface area (Å²) in [4.78, 5) is 6.34. The molecule has 0 radical (unpaired) electrons. The Labute approximate surface area is 119 Å². The van der Waals surface area contributed by atoms with E-state index >= 15 is 0 Å². The van der Waals surface area contributed by atoms with E-state index < -0.39 is 0 Å². The Kier molecular flexibility index (Phi) is 4.03. The second kappa shape index (κ2) is 5.74. The smallest absolute Gasteiger partial charge is 0.142 e. The van der Waals surface area contributed by atoms with E-state index in [9.17, 15) is 0 Å². The van der Waals surface area contributed by atoms with Gasteiger partial charge >= 0.3 is 0 Å². The minimum absolute atomic E-state index is 0.00891. The summed E-state index contributed by atoms with van der Waals surface area (Å²) in [6, 6.07) is 10.2. The van der Waals surface area contributed by atoms with Gasteiger partial charge in [0.25, 0.3) is 0 Å². The van der Waals surface area contributed by atoms with Crippen molar-refractivity contribution >= 4 is 11.5 Å². The van der Waals surface area contributed by atoms with Crippen molar-refractivity contribution in [3.8, 4) is 0 Å². The van der Waals surface area contributed by atoms with Gasteiger partial charge in [0.1, 0.15) is 11.5 Å². The van der Waals surface area contributed by atoms with Gasteiger partial charge in [-0.3, -0.25) is 10.4 Å². The summed E-state index contributed by atoms with van der Waals surface area (Å²) >= 11 is 0. The number of amidine groups is 1. The van der Waals surface area contributed by atoms with Gasteiger partial charge in [-0.15, -0.1) is 0 Å². The molecular formula is C16H20N4. The fourth-order valence-corrected chi connectivity index (χ4v) is 2.38. The van der Waals surface area contributed by atoms with Crippen molar-refractivity contribution in [1.82, 2.24) is 4.98 Å². The Hall–Kier alpha value is -2.36. The monoisotopic (exact) mass is 268 g/mol. The third kappa shape index (κ3) is 2.96. The molecule has 0 atom stereocenters. The van der Waals surface area contributed by atoms with E-state index in [-0.39, 0.29) is 5.84 Å². The highest BCUT2D eigenvalue weighted by Gasteiger charge is 2.10. The SMILES string of the molecule is Cc1ccc(N(C)Cc2cccnc2C(=N)N)c(C)c1. The van der Waals surface area contributed by atoms with Crippen molar-refractivity contribution in [3.05, 3.63) is 58.9 Å². The Balaban J connectivity index is 2.28. The van der Waals surface area contributed by atoms with Crippen LogP contribution in [0.4, 0.5) is 5.69 Å². The number of benzene rings is 1. The summed E-state index contributed by atoms with van der Waals surface area (Å²) < 4.78 is 0. The summed E-state index contributed by atoms with van der Waals surface area (Å²) in [5.41, 5.74) is 10.8. The maximum atomic E-state index is 7.59. The number of pyridine rings is 1. The molecule has 104 valence electrons. The summed E-state index contributed by atoms with van der Waals surface area (Å²) in [5.74, 6) is 0.00891. The molecule has 4 heteroatoms. The van der Waals surface area contributed by atoms with Gasteiger partial charge in [0.2, 0.25) is 0 Å². The highest BCUT2D eigenvalue weighted by atomic mass is 15.1. The Morgan fingerprint density at radius 3 is 2.70 bits per heavy atom. The lowest BCUT2D eigenvalue weighted by Crippen LogP contribution is -2.22. The van der Waals surface area contributed by atoms with Crippen LogP contribution in [0.2, 0.25) is 0 Å². The van der Waals surface area contributed by atoms with Gasteiger partial charge in [0.05, 0.1) is 0 Å². The minimum atomic E-state index is 0.00891. The zero-order valence-electron chi connectivity index (χ0n) is 12.1. The number of anilines is 1. The molecule has 0 aliphatic carbocycles. The van der Waals surface area contributed by atoms with Crippen LogP contribution in [-0.2, 0) is 6.54 Å². The van der Waals surface area contributed by atoms with Gasteiger partial charge in [-0.05, 0) is 31.5 Å². The molecule has 1 heterocycles. The number of nitrogens with one attached hydrogen (secondary N) is 1. The second-order valence-electron chi connectivity index (χ2n) is 5.07. The lowest BCUT2D eigenvalue weighted by atomic mass is 10.1. The van der Waals surface area contributed by atoms with Crippen molar-refractivity contribution in [1.29, 1.82) is 5.41 Å². The number of nitrogen functional groups attached to an aromatic ring is 1. The Morgan fingerprint density at radius 1 is 1.30 bits per heavy atom. The molecule has 0 saturated heterocycles. The van der Waals surface area contributed by atoms with Crippen molar-refractivity contribution in [2.75, 3.05) is 11.9 Å². The first-order valence-corrected chi connectivity index (χ1v) is 6.55. The molecule has 4 nitrogen and oxygen atoms in total. The first-order chi connectivity index (χ1) is 9.49. The Bertz CT molecular complexity index is 634. The molecule has 3 N–H and O–H groups in total. The first kappa shape index (κ1) is 14.1. The van der Waals surface area contributed by atoms with Crippen LogP contribution in [0.15, 0.2) is 36.5 Å². The van der Waals surface area contributed by atoms with Crippen LogP contribution in [0, 0.1) is 19.3 Å². The summed E-state index contributed by atoms with van der Waals surface area (Å²) in [7, 11) is 2.04. The van der Waals surface area contributed by atoms with Crippen LogP contribution in [-0.4, -0.2) is 17.9 Å². The van der Waals surface area contributed by atoms with Gasteiger partial charge in [-0.1, -0.05) is 23.8 Å². The maximum absolute atomic E-state index is 7.59. The molecular weight excluding hydrogens is 248 g/mol. The quantitative estimate of drug-likeness (QED) is 0.661. The van der Waals surface area contributed by atoms with E-state index in [2.05, 4.69) is 41.9 Å². The fourth-order valence-electron chi connectivity index (χ4n) is 2.38. The third-order valence-electron chi connectivity index (χ3n) is 3.32. The van der Waals surface area contributed by atoms with Crippen molar-refractivity contribution < 1.29 is 0 Å². The van der Waals surface area contributed by atoms with Crippen LogP contribution in [0.25, 0.3) is 0 Å². The second-order valence-corrected chi connectivity index (χ2v) is 5.07. The Morgan fingerprint density at radius 2 is 2.05 bits per heavy atom. The van der Waals surface area contributed by atoms with E-state index in [1.165, 1.54) is 16.8 Å². The molecule has 2 aromatic rings. The lowest BCUT2D eigenvalue weighted by Gasteiger charge is -2.22. The van der Waals surface area contributed by atoms with Gasteiger partial charge in [0.15, 0.2) is 0 Å². The molecule has 1 aromatic carbocycles. The molecule has 0 aliphatic heterocycles. The summed E-state index contributed by atoms with van der Waals surface area (Å²) in [6.07, 6.45) is 1.66. The number of nitrogens with two attached hydrogens (primary N) is 1. The molecule has 0 aliphatic rings. The third-order valence-corrected chi connectivity index (χ3v) is 3.32. The van der Waals surface area contributed by atoms with Gasteiger partial charge in [-0.25, -0.2) is 0 Å². The maximum Gasteiger partial charge on any atom is 0.142 e. The van der Waals surface area contributed by atoms with E-state index in [1.54, 1.807) is 6.20 Å². The molecule has 0 fully saturated rings. The highest BCUT2D eigenvalue weighted by Crippen LogP contribution is 2.22. The zero-order valence-corrected chi connectivity index (χ0v) is 12.1. The standard InChI is InChI=1S/C16H20N4/c1-11-6-7-14(12(2)9-11)20(3)10-13-5-4-8-19-15(13)16(17)18/h4-9H,10H2,1-3H3,(H3,17,18). The van der Waals surface area contributed by atoms with Crippen LogP contribution in [0.1, 0.15) is 22.4 Å². The molecule has 1 aromatic heterocycles. The van der Waals surface area contributed by atoms with Crippen molar-refractivity contribution in [2.24, 2.45) is 5.73 Å². The average Bonchev–Trinajstić information content (AvgIpc) is 2.38. The zero-order chi connectivity index (χ0) is 14.7. The molecule has 2 rings (SSSR count). The van der Waals surface area contributed by atoms with Crippen LogP contribution in [0.3, 0.4) is 0 Å². The van der Waals surface area contributed by atoms with E-state index in [0.29, 0.717) is 12.2 Å². The number of hydrogen-bond donors (Lipinski definition) is 2. The molecule has 0 saturated carbocycles. The fraction of sp³-hybridized carbons (Fsp3) is 0.250. The van der Waals surface area contributed by atoms with E-state index in [1.807, 2.05) is 19.2 Å². The van der Waals surface area contributed by atoms with Crippen molar-refractivity contribution in [3.63, 3.8) is 0 Å². The molecule has 0 spiro atoms. The highest BCUT2D eigenvalue weighted by molar-refractivity contribution is 5.94. The topological polar surface area (TPSA) is 66.0 Å². The lowest BCUT2D eigenvalue weighted by molar-refractivity contribution is 0.905. The largest absolute Gasteiger partial charge is 0.382 e. The number of nitrogens with zero attached hydrogens (tertiary/aromatic N) is 2. The van der Waals surface area contributed by atoms with Gasteiger partial charge in [0, 0.05) is 31.0 Å². The summed E-state index contributed by atoms with van der Waals surface area (Å²) in [5, 5.41) is 7.59. The molecule has 0 amide bonds. The van der Waals surface area contributed by atoms with Crippen LogP contribution < -0.4 is 10.6 Å². The minimum Gasteiger partial charge on any atom is -0.382 e. The number of aromatic nitrogens is 1. The van der Waals surface area contributed by atoms with Crippen LogP contribution >= 0.6 is 0 Å². The summed E-state index contributed by atoms with van der Waals surface area (Å²) in [6.45, 7) is 4.87. The number of hydrogen-bond acceptors (Lipinski definition) is 3. The van der Waals surface area contributed by atoms with Crippen LogP contribution in [0.5, 0.6) is 0 Å². The van der Waals surface area contributed by atoms with Crippen molar-refractivity contribution in [2.45, 2.75) is 20.4 Å². The van der Waals surface area contributed by atoms with E-state index in [0.717, 1.165) is 5.56 Å². The predicted molar refractivity (Wildman–Crippen MR) is 83.3 cm³/mol. The first-order valence-electron chi connectivity index (χ1n) is 6.55.